The van der Waals surface area contributed by atoms with Crippen molar-refractivity contribution < 1.29 is 27.9 Å². The third-order valence-electron chi connectivity index (χ3n) is 4.53. The maximum Gasteiger partial charge on any atom is 0.416 e. The summed E-state index contributed by atoms with van der Waals surface area (Å²) in [5.41, 5.74) is 5.61. The van der Waals surface area contributed by atoms with Crippen molar-refractivity contribution in [1.82, 2.24) is 10.3 Å². The molecule has 0 aliphatic heterocycles. The van der Waals surface area contributed by atoms with Crippen LogP contribution in [-0.4, -0.2) is 27.9 Å². The van der Waals surface area contributed by atoms with E-state index in [2.05, 4.69) is 10.3 Å². The van der Waals surface area contributed by atoms with Crippen molar-refractivity contribution in [2.45, 2.75) is 24.7 Å². The monoisotopic (exact) mass is 417 g/mol. The Morgan fingerprint density at radius 1 is 1.03 bits per heavy atom. The second kappa shape index (κ2) is 8.50. The number of para-hydroxylation sites is 1. The van der Waals surface area contributed by atoms with Crippen LogP contribution in [0.3, 0.4) is 0 Å². The van der Waals surface area contributed by atoms with Crippen LogP contribution in [0.1, 0.15) is 22.9 Å². The van der Waals surface area contributed by atoms with Crippen LogP contribution in [0.25, 0.3) is 10.9 Å². The largest absolute Gasteiger partial charge is 0.416 e. The van der Waals surface area contributed by atoms with E-state index >= 15 is 0 Å². The van der Waals surface area contributed by atoms with E-state index in [1.165, 1.54) is 0 Å². The van der Waals surface area contributed by atoms with E-state index in [0.29, 0.717) is 11.2 Å². The third-order valence-corrected chi connectivity index (χ3v) is 4.53. The minimum atomic E-state index is -4.53. The quantitative estimate of drug-likeness (QED) is 0.573. The minimum Gasteiger partial charge on any atom is -0.378 e. The van der Waals surface area contributed by atoms with Crippen LogP contribution in [0.4, 0.5) is 13.2 Å². The van der Waals surface area contributed by atoms with E-state index in [1.807, 2.05) is 24.3 Å². The number of aliphatic hydroxyl groups excluding tert-OH is 1. The summed E-state index contributed by atoms with van der Waals surface area (Å²) in [5.74, 6) is -1.79. The normalized spacial score (nSPS) is 13.6. The molecular formula is C21H18F3N3O3. The number of carbonyl (C=O) groups is 2. The Morgan fingerprint density at radius 2 is 1.70 bits per heavy atom. The number of aliphatic hydroxyl groups is 1. The second-order valence-corrected chi connectivity index (χ2v) is 6.69. The van der Waals surface area contributed by atoms with Gasteiger partial charge in [-0.25, -0.2) is 0 Å². The minimum absolute atomic E-state index is 0.00829. The van der Waals surface area contributed by atoms with Crippen LogP contribution >= 0.6 is 0 Å². The summed E-state index contributed by atoms with van der Waals surface area (Å²) in [4.78, 5) is 28.5. The summed E-state index contributed by atoms with van der Waals surface area (Å²) in [7, 11) is 0. The number of pyridine rings is 1. The number of nitrogens with two attached hydrogens (primary N) is 1. The van der Waals surface area contributed by atoms with Crippen molar-refractivity contribution in [2.24, 2.45) is 5.73 Å². The smallest absolute Gasteiger partial charge is 0.378 e. The Labute approximate surface area is 169 Å². The van der Waals surface area contributed by atoms with Gasteiger partial charge in [0.15, 0.2) is 6.10 Å². The van der Waals surface area contributed by atoms with Gasteiger partial charge in [0.25, 0.3) is 5.91 Å². The molecule has 0 spiro atoms. The first-order chi connectivity index (χ1) is 14.1. The van der Waals surface area contributed by atoms with Crippen molar-refractivity contribution in [2.75, 3.05) is 0 Å². The number of nitrogens with one attached hydrogen (secondary N) is 1. The molecule has 2 aromatic carbocycles. The first kappa shape index (κ1) is 21.3. The molecule has 0 fully saturated rings. The van der Waals surface area contributed by atoms with Crippen molar-refractivity contribution in [1.29, 1.82) is 0 Å². The highest BCUT2D eigenvalue weighted by Gasteiger charge is 2.31. The molecular weight excluding hydrogens is 399 g/mol. The summed E-state index contributed by atoms with van der Waals surface area (Å²) in [6, 6.07) is 13.2. The van der Waals surface area contributed by atoms with Gasteiger partial charge in [0.1, 0.15) is 6.04 Å². The molecule has 1 heterocycles. The molecule has 0 unspecified atom stereocenters. The number of nitrogens with zero attached hydrogens (tertiary/aromatic N) is 1. The molecule has 2 atom stereocenters. The lowest BCUT2D eigenvalue weighted by molar-refractivity contribution is -0.137. The van der Waals surface area contributed by atoms with Gasteiger partial charge in [0.2, 0.25) is 5.91 Å². The van der Waals surface area contributed by atoms with Gasteiger partial charge in [-0.05, 0) is 29.8 Å². The number of rotatable bonds is 6. The van der Waals surface area contributed by atoms with Gasteiger partial charge in [-0.2, -0.15) is 13.2 Å². The van der Waals surface area contributed by atoms with Crippen LogP contribution in [0.5, 0.6) is 0 Å². The van der Waals surface area contributed by atoms with Crippen molar-refractivity contribution in [3.8, 4) is 0 Å². The Bertz CT molecular complexity index is 1070. The standard InChI is InChI=1S/C21H18F3N3O3/c22-21(23,24)14-8-5-13(6-9-14)18(28)20(30)27-17(19(25)29)11-15-10-7-12-3-1-2-4-16(12)26-15/h1-10,17-18,28H,11H2,(H2,25,29)(H,27,30)/t17-,18-/m1/s1. The SMILES string of the molecule is NC(=O)[C@@H](Cc1ccc2ccccc2n1)NC(=O)[C@H](O)c1ccc(C(F)(F)F)cc1. The van der Waals surface area contributed by atoms with E-state index in [-0.39, 0.29) is 12.0 Å². The average Bonchev–Trinajstić information content (AvgIpc) is 2.72. The maximum atomic E-state index is 12.6. The fraction of sp³-hybridized carbons (Fsp3) is 0.190. The number of hydrogen-bond donors (Lipinski definition) is 3. The van der Waals surface area contributed by atoms with E-state index in [0.717, 1.165) is 29.7 Å². The number of fused-ring (bicyclic) bond motifs is 1. The van der Waals surface area contributed by atoms with Gasteiger partial charge in [-0.1, -0.05) is 36.4 Å². The Balaban J connectivity index is 1.72. The number of hydrogen-bond acceptors (Lipinski definition) is 4. The van der Waals surface area contributed by atoms with Crippen molar-refractivity contribution >= 4 is 22.7 Å². The molecule has 9 heteroatoms. The zero-order chi connectivity index (χ0) is 21.9. The fourth-order valence-corrected chi connectivity index (χ4v) is 2.91. The molecule has 0 saturated heterocycles. The van der Waals surface area contributed by atoms with Crippen molar-refractivity contribution in [3.05, 3.63) is 77.5 Å². The molecule has 30 heavy (non-hydrogen) atoms. The first-order valence-corrected chi connectivity index (χ1v) is 8.95. The number of carbonyl (C=O) groups excluding carboxylic acids is 2. The van der Waals surface area contributed by atoms with Crippen LogP contribution in [0.15, 0.2) is 60.7 Å². The molecule has 3 rings (SSSR count). The highest BCUT2D eigenvalue weighted by molar-refractivity contribution is 5.89. The molecule has 6 nitrogen and oxygen atoms in total. The second-order valence-electron chi connectivity index (χ2n) is 6.69. The zero-order valence-corrected chi connectivity index (χ0v) is 15.6. The summed E-state index contributed by atoms with van der Waals surface area (Å²) in [6.07, 6.45) is -6.31. The fourth-order valence-electron chi connectivity index (χ4n) is 2.91. The number of primary amides is 1. The summed E-state index contributed by atoms with van der Waals surface area (Å²) < 4.78 is 37.9. The molecule has 0 aliphatic carbocycles. The van der Waals surface area contributed by atoms with Gasteiger partial charge < -0.3 is 16.2 Å². The van der Waals surface area contributed by atoms with E-state index in [1.54, 1.807) is 12.1 Å². The molecule has 0 bridgehead atoms. The lowest BCUT2D eigenvalue weighted by atomic mass is 10.0. The predicted octanol–water partition coefficient (Wildman–Crippen LogP) is 2.50. The van der Waals surface area contributed by atoms with Gasteiger partial charge in [-0.3, -0.25) is 14.6 Å². The Morgan fingerprint density at radius 3 is 2.33 bits per heavy atom. The molecule has 0 radical (unpaired) electrons. The molecule has 2 amide bonds. The molecule has 4 N–H and O–H groups in total. The molecule has 0 aliphatic rings. The highest BCUT2D eigenvalue weighted by Crippen LogP contribution is 2.30. The van der Waals surface area contributed by atoms with Gasteiger partial charge in [0, 0.05) is 17.5 Å². The number of halogens is 3. The third kappa shape index (κ3) is 4.93. The predicted molar refractivity (Wildman–Crippen MR) is 103 cm³/mol. The molecule has 3 aromatic rings. The van der Waals surface area contributed by atoms with Crippen LogP contribution < -0.4 is 11.1 Å². The lowest BCUT2D eigenvalue weighted by Gasteiger charge is -2.18. The highest BCUT2D eigenvalue weighted by atomic mass is 19.4. The van der Waals surface area contributed by atoms with E-state index < -0.39 is 35.7 Å². The van der Waals surface area contributed by atoms with Crippen molar-refractivity contribution in [3.63, 3.8) is 0 Å². The van der Waals surface area contributed by atoms with Gasteiger partial charge in [-0.15, -0.1) is 0 Å². The molecule has 156 valence electrons. The first-order valence-electron chi connectivity index (χ1n) is 8.95. The summed E-state index contributed by atoms with van der Waals surface area (Å²) in [5, 5.41) is 13.4. The van der Waals surface area contributed by atoms with Gasteiger partial charge >= 0.3 is 6.18 Å². The lowest BCUT2D eigenvalue weighted by Crippen LogP contribution is -2.47. The average molecular weight is 417 g/mol. The number of benzene rings is 2. The number of aromatic nitrogens is 1. The number of alkyl halides is 3. The zero-order valence-electron chi connectivity index (χ0n) is 15.6. The topological polar surface area (TPSA) is 105 Å². The summed E-state index contributed by atoms with van der Waals surface area (Å²) >= 11 is 0. The Kier molecular flexibility index (Phi) is 6.02. The van der Waals surface area contributed by atoms with Crippen LogP contribution in [-0.2, 0) is 22.2 Å². The van der Waals surface area contributed by atoms with Crippen LogP contribution in [0, 0.1) is 0 Å². The van der Waals surface area contributed by atoms with Crippen LogP contribution in [0.2, 0.25) is 0 Å². The summed E-state index contributed by atoms with van der Waals surface area (Å²) in [6.45, 7) is 0. The Hall–Kier alpha value is -3.46. The number of amides is 2. The maximum absolute atomic E-state index is 12.6. The molecule has 0 saturated carbocycles. The van der Waals surface area contributed by atoms with E-state index in [9.17, 15) is 27.9 Å². The van der Waals surface area contributed by atoms with Gasteiger partial charge in [0.05, 0.1) is 11.1 Å². The molecule has 1 aromatic heterocycles. The van der Waals surface area contributed by atoms with E-state index in [4.69, 9.17) is 5.73 Å².